The van der Waals surface area contributed by atoms with Gasteiger partial charge in [0.05, 0.1) is 15.5 Å². The van der Waals surface area contributed by atoms with E-state index in [4.69, 9.17) is 5.11 Å². The zero-order valence-corrected chi connectivity index (χ0v) is 15.5. The van der Waals surface area contributed by atoms with E-state index >= 15 is 0 Å². The van der Waals surface area contributed by atoms with Crippen LogP contribution in [0.5, 0.6) is 0 Å². The molecule has 0 saturated heterocycles. The van der Waals surface area contributed by atoms with Crippen molar-refractivity contribution in [1.29, 1.82) is 0 Å². The lowest BCUT2D eigenvalue weighted by molar-refractivity contribution is -0.139. The molecule has 0 unspecified atom stereocenters. The molecule has 0 amide bonds. The number of aliphatic carboxylic acids is 1. The van der Waals surface area contributed by atoms with Gasteiger partial charge in [0.15, 0.2) is 9.84 Å². The van der Waals surface area contributed by atoms with Crippen molar-refractivity contribution in [1.82, 2.24) is 4.72 Å². The van der Waals surface area contributed by atoms with Gasteiger partial charge in [0, 0.05) is 0 Å². The highest BCUT2D eigenvalue weighted by Crippen LogP contribution is 2.17. The SMILES string of the molecule is CCCS(=O)(=O)c1ccc(S(=O)(=O)N[C@@H](CC(C)C)C(=O)O)cc1. The first-order chi connectivity index (χ1) is 11.0. The molecule has 1 atom stereocenters. The normalized spacial score (nSPS) is 13.8. The fourth-order valence-corrected chi connectivity index (χ4v) is 4.66. The van der Waals surface area contributed by atoms with Gasteiger partial charge in [0.2, 0.25) is 10.0 Å². The lowest BCUT2D eigenvalue weighted by atomic mass is 10.1. The molecule has 7 nitrogen and oxygen atoms in total. The Morgan fingerprint density at radius 3 is 2.00 bits per heavy atom. The van der Waals surface area contributed by atoms with E-state index < -0.39 is 31.9 Å². The van der Waals surface area contributed by atoms with E-state index in [1.54, 1.807) is 20.8 Å². The first-order valence-corrected chi connectivity index (χ1v) is 10.7. The van der Waals surface area contributed by atoms with Gasteiger partial charge in [-0.15, -0.1) is 0 Å². The van der Waals surface area contributed by atoms with E-state index in [1.165, 1.54) is 24.3 Å². The van der Waals surface area contributed by atoms with Crippen LogP contribution in [0.2, 0.25) is 0 Å². The molecule has 0 aliphatic heterocycles. The van der Waals surface area contributed by atoms with E-state index in [9.17, 15) is 21.6 Å². The Balaban J connectivity index is 3.05. The van der Waals surface area contributed by atoms with Crippen molar-refractivity contribution in [2.75, 3.05) is 5.75 Å². The van der Waals surface area contributed by atoms with Gasteiger partial charge in [-0.2, -0.15) is 4.72 Å². The number of hydrogen-bond acceptors (Lipinski definition) is 5. The van der Waals surface area contributed by atoms with Gasteiger partial charge in [0.25, 0.3) is 0 Å². The Morgan fingerprint density at radius 2 is 1.58 bits per heavy atom. The number of sulfonamides is 1. The number of benzene rings is 1. The molecule has 2 N–H and O–H groups in total. The topological polar surface area (TPSA) is 118 Å². The molecular weight excluding hydrogens is 354 g/mol. The molecule has 1 aromatic rings. The highest BCUT2D eigenvalue weighted by Gasteiger charge is 2.26. The lowest BCUT2D eigenvalue weighted by Gasteiger charge is -2.16. The molecule has 0 bridgehead atoms. The summed E-state index contributed by atoms with van der Waals surface area (Å²) in [6.45, 7) is 5.32. The molecular formula is C15H23NO6S2. The smallest absolute Gasteiger partial charge is 0.321 e. The van der Waals surface area contributed by atoms with Gasteiger partial charge in [-0.3, -0.25) is 4.79 Å². The fraction of sp³-hybridized carbons (Fsp3) is 0.533. The van der Waals surface area contributed by atoms with Crippen LogP contribution < -0.4 is 4.72 Å². The van der Waals surface area contributed by atoms with Crippen LogP contribution in [-0.4, -0.2) is 39.7 Å². The number of hydrogen-bond donors (Lipinski definition) is 2. The summed E-state index contributed by atoms with van der Waals surface area (Å²) in [5, 5.41) is 9.14. The second kappa shape index (κ2) is 8.09. The Kier molecular flexibility index (Phi) is 6.94. The Labute approximate surface area is 143 Å². The predicted octanol–water partition coefficient (Wildman–Crippen LogP) is 1.65. The molecule has 1 rings (SSSR count). The van der Waals surface area contributed by atoms with Crippen molar-refractivity contribution in [3.8, 4) is 0 Å². The molecule has 0 aliphatic rings. The number of carboxylic acids is 1. The average molecular weight is 377 g/mol. The second-order valence-electron chi connectivity index (χ2n) is 5.93. The maximum Gasteiger partial charge on any atom is 0.321 e. The fourth-order valence-electron chi connectivity index (χ4n) is 2.14. The number of carboxylic acid groups (broad SMARTS) is 1. The van der Waals surface area contributed by atoms with Crippen molar-refractivity contribution < 1.29 is 26.7 Å². The van der Waals surface area contributed by atoms with E-state index in [0.717, 1.165) is 0 Å². The van der Waals surface area contributed by atoms with Gasteiger partial charge < -0.3 is 5.11 Å². The zero-order chi connectivity index (χ0) is 18.5. The summed E-state index contributed by atoms with van der Waals surface area (Å²) in [6.07, 6.45) is 0.608. The minimum atomic E-state index is -4.05. The van der Waals surface area contributed by atoms with Crippen LogP contribution in [0.4, 0.5) is 0 Å². The predicted molar refractivity (Wildman–Crippen MR) is 90.0 cm³/mol. The summed E-state index contributed by atoms with van der Waals surface area (Å²) >= 11 is 0. The molecule has 9 heteroatoms. The number of sulfone groups is 1. The maximum absolute atomic E-state index is 12.3. The third-order valence-corrected chi connectivity index (χ3v) is 6.69. The summed E-state index contributed by atoms with van der Waals surface area (Å²) in [7, 11) is -7.48. The largest absolute Gasteiger partial charge is 0.480 e. The number of carbonyl (C=O) groups is 1. The second-order valence-corrected chi connectivity index (χ2v) is 9.76. The molecule has 24 heavy (non-hydrogen) atoms. The van der Waals surface area contributed by atoms with Crippen LogP contribution in [0.15, 0.2) is 34.1 Å². The third-order valence-electron chi connectivity index (χ3n) is 3.27. The maximum atomic E-state index is 12.3. The summed E-state index contributed by atoms with van der Waals surface area (Å²) < 4.78 is 50.6. The molecule has 136 valence electrons. The van der Waals surface area contributed by atoms with Gasteiger partial charge in [0.1, 0.15) is 6.04 Å². The van der Waals surface area contributed by atoms with Gasteiger partial charge in [-0.25, -0.2) is 16.8 Å². The Hall–Kier alpha value is -1.45. The van der Waals surface area contributed by atoms with Crippen molar-refractivity contribution in [3.05, 3.63) is 24.3 Å². The molecule has 0 spiro atoms. The minimum absolute atomic E-state index is 0.00429. The van der Waals surface area contributed by atoms with Crippen molar-refractivity contribution in [3.63, 3.8) is 0 Å². The molecule has 0 radical (unpaired) electrons. The highest BCUT2D eigenvalue weighted by molar-refractivity contribution is 7.91. The van der Waals surface area contributed by atoms with E-state index in [2.05, 4.69) is 4.72 Å². The van der Waals surface area contributed by atoms with E-state index in [0.29, 0.717) is 6.42 Å². The Morgan fingerprint density at radius 1 is 1.08 bits per heavy atom. The van der Waals surface area contributed by atoms with E-state index in [-0.39, 0.29) is 27.9 Å². The van der Waals surface area contributed by atoms with Gasteiger partial charge in [-0.05, 0) is 43.0 Å². The van der Waals surface area contributed by atoms with Crippen LogP contribution >= 0.6 is 0 Å². The quantitative estimate of drug-likeness (QED) is 0.675. The van der Waals surface area contributed by atoms with Crippen LogP contribution in [0, 0.1) is 5.92 Å². The van der Waals surface area contributed by atoms with Crippen molar-refractivity contribution in [2.24, 2.45) is 5.92 Å². The van der Waals surface area contributed by atoms with Crippen LogP contribution in [0.25, 0.3) is 0 Å². The first kappa shape index (κ1) is 20.6. The summed E-state index contributed by atoms with van der Waals surface area (Å²) in [5.74, 6) is -1.28. The van der Waals surface area contributed by atoms with Crippen molar-refractivity contribution >= 4 is 25.8 Å². The van der Waals surface area contributed by atoms with E-state index in [1.807, 2.05) is 0 Å². The molecule has 0 fully saturated rings. The van der Waals surface area contributed by atoms with Crippen LogP contribution in [-0.2, 0) is 24.7 Å². The Bertz CT molecular complexity index is 767. The highest BCUT2D eigenvalue weighted by atomic mass is 32.2. The zero-order valence-electron chi connectivity index (χ0n) is 13.9. The first-order valence-electron chi connectivity index (χ1n) is 7.57. The van der Waals surface area contributed by atoms with Gasteiger partial charge in [-0.1, -0.05) is 20.8 Å². The average Bonchev–Trinajstić information content (AvgIpc) is 2.46. The molecule has 0 aromatic heterocycles. The lowest BCUT2D eigenvalue weighted by Crippen LogP contribution is -2.41. The summed E-state index contributed by atoms with van der Waals surface area (Å²) in [4.78, 5) is 11.1. The monoisotopic (exact) mass is 377 g/mol. The van der Waals surface area contributed by atoms with Gasteiger partial charge >= 0.3 is 5.97 Å². The molecule has 0 saturated carbocycles. The van der Waals surface area contributed by atoms with Crippen LogP contribution in [0.1, 0.15) is 33.6 Å². The molecule has 0 aliphatic carbocycles. The van der Waals surface area contributed by atoms with Crippen molar-refractivity contribution in [2.45, 2.75) is 49.4 Å². The number of rotatable bonds is 9. The minimum Gasteiger partial charge on any atom is -0.480 e. The molecule has 1 aromatic carbocycles. The number of nitrogens with one attached hydrogen (secondary N) is 1. The summed E-state index contributed by atoms with van der Waals surface area (Å²) in [6, 6.07) is 3.53. The standard InChI is InChI=1S/C15H23NO6S2/c1-4-9-23(19,20)12-5-7-13(8-6-12)24(21,22)16-14(15(17)18)10-11(2)3/h5-8,11,14,16H,4,9-10H2,1-3H3,(H,17,18)/t14-/m0/s1. The van der Waals surface area contributed by atoms with Crippen LogP contribution in [0.3, 0.4) is 0 Å². The third kappa shape index (κ3) is 5.57. The summed E-state index contributed by atoms with van der Waals surface area (Å²) in [5.41, 5.74) is 0. The molecule has 0 heterocycles.